The second-order valence-electron chi connectivity index (χ2n) is 6.61. The molecule has 2 aliphatic heterocycles. The second kappa shape index (κ2) is 6.64. The molecule has 8 nitrogen and oxygen atoms in total. The van der Waals surface area contributed by atoms with Crippen LogP contribution in [0.5, 0.6) is 0 Å². The molecule has 0 spiro atoms. The first-order valence-corrected chi connectivity index (χ1v) is 9.30. The molecular weight excluding hydrogens is 332 g/mol. The number of aryl methyl sites for hydroxylation is 1. The zero-order chi connectivity index (χ0) is 17.4. The minimum Gasteiger partial charge on any atom is -0.391 e. The van der Waals surface area contributed by atoms with Crippen molar-refractivity contribution in [2.75, 3.05) is 12.4 Å². The van der Waals surface area contributed by atoms with Crippen molar-refractivity contribution in [3.05, 3.63) is 17.5 Å². The Hall–Kier alpha value is -1.74. The molecule has 0 bridgehead atoms. The smallest absolute Gasteiger partial charge is 0.234 e. The molecule has 3 heterocycles. The van der Waals surface area contributed by atoms with E-state index in [-0.39, 0.29) is 30.3 Å². The summed E-state index contributed by atoms with van der Waals surface area (Å²) in [5.74, 6) is 0.609. The Bertz CT molecular complexity index is 687. The van der Waals surface area contributed by atoms with Crippen LogP contribution in [0, 0.1) is 12.8 Å². The molecule has 3 rings (SSSR count). The molecule has 24 heavy (non-hydrogen) atoms. The van der Waals surface area contributed by atoms with Crippen molar-refractivity contribution in [3.8, 4) is 0 Å². The van der Waals surface area contributed by atoms with Crippen LogP contribution in [0.2, 0.25) is 0 Å². The molecule has 132 valence electrons. The number of amides is 1. The number of rotatable bonds is 4. The van der Waals surface area contributed by atoms with E-state index in [1.807, 2.05) is 20.8 Å². The van der Waals surface area contributed by atoms with Gasteiger partial charge in [0.05, 0.1) is 17.8 Å². The number of likely N-dealkylation sites (tertiary alicyclic amines) is 1. The van der Waals surface area contributed by atoms with Crippen LogP contribution in [-0.4, -0.2) is 55.7 Å². The summed E-state index contributed by atoms with van der Waals surface area (Å²) in [6, 6.07) is 1.38. The van der Waals surface area contributed by atoms with Crippen LogP contribution in [-0.2, 0) is 15.8 Å². The predicted octanol–water partition coefficient (Wildman–Crippen LogP) is 0.307. The highest BCUT2D eigenvalue weighted by molar-refractivity contribution is 7.83. The van der Waals surface area contributed by atoms with Gasteiger partial charge < -0.3 is 14.5 Å². The standard InChI is InChI=1S/C15H22N4O4S/c1-8(2)13(12-4-9(3)17-23-12)15(21)19-6-10(20)5-11(19)14-16-7-24(22)18-14/h4,8,10-11,13,20H,5-7H2,1-3H3,(H,16,18). The minimum atomic E-state index is -1.24. The van der Waals surface area contributed by atoms with Crippen molar-refractivity contribution in [1.29, 1.82) is 0 Å². The largest absolute Gasteiger partial charge is 0.391 e. The third-order valence-corrected chi connectivity index (χ3v) is 5.13. The van der Waals surface area contributed by atoms with E-state index in [2.05, 4.69) is 14.9 Å². The summed E-state index contributed by atoms with van der Waals surface area (Å²) in [4.78, 5) is 19.0. The number of aliphatic imine (C=N–C) groups is 1. The molecule has 0 aromatic carbocycles. The summed E-state index contributed by atoms with van der Waals surface area (Å²) in [6.07, 6.45) is -0.239. The van der Waals surface area contributed by atoms with Crippen LogP contribution < -0.4 is 4.72 Å². The van der Waals surface area contributed by atoms with E-state index >= 15 is 0 Å². The van der Waals surface area contributed by atoms with Crippen LogP contribution in [0.15, 0.2) is 15.6 Å². The van der Waals surface area contributed by atoms with E-state index in [0.717, 1.165) is 5.69 Å². The van der Waals surface area contributed by atoms with Gasteiger partial charge in [0.1, 0.15) is 34.4 Å². The van der Waals surface area contributed by atoms with Crippen molar-refractivity contribution in [1.82, 2.24) is 14.8 Å². The number of hydrogen-bond donors (Lipinski definition) is 2. The van der Waals surface area contributed by atoms with Gasteiger partial charge in [0.25, 0.3) is 0 Å². The van der Waals surface area contributed by atoms with Crippen molar-refractivity contribution >= 4 is 22.7 Å². The van der Waals surface area contributed by atoms with E-state index in [9.17, 15) is 14.1 Å². The summed E-state index contributed by atoms with van der Waals surface area (Å²) in [7, 11) is -1.24. The van der Waals surface area contributed by atoms with Crippen molar-refractivity contribution in [2.45, 2.75) is 45.3 Å². The summed E-state index contributed by atoms with van der Waals surface area (Å²) < 4.78 is 19.6. The van der Waals surface area contributed by atoms with Crippen LogP contribution in [0.3, 0.4) is 0 Å². The molecule has 4 atom stereocenters. The fourth-order valence-electron chi connectivity index (χ4n) is 3.24. The number of carbonyl (C=O) groups is 1. The Morgan fingerprint density at radius 1 is 1.54 bits per heavy atom. The molecule has 4 unspecified atom stereocenters. The van der Waals surface area contributed by atoms with Gasteiger partial charge in [-0.05, 0) is 12.8 Å². The SMILES string of the molecule is Cc1cc(C(C(=O)N2CC(O)CC2C2=NCS(=O)N2)C(C)C)on1. The average molecular weight is 354 g/mol. The quantitative estimate of drug-likeness (QED) is 0.809. The maximum atomic E-state index is 13.2. The molecule has 0 saturated carbocycles. The van der Waals surface area contributed by atoms with E-state index in [4.69, 9.17) is 4.52 Å². The summed E-state index contributed by atoms with van der Waals surface area (Å²) in [5.41, 5.74) is 0.721. The van der Waals surface area contributed by atoms with Gasteiger partial charge in [-0.3, -0.25) is 14.5 Å². The maximum Gasteiger partial charge on any atom is 0.234 e. The molecule has 0 radical (unpaired) electrons. The lowest BCUT2D eigenvalue weighted by Gasteiger charge is -2.29. The summed E-state index contributed by atoms with van der Waals surface area (Å²) in [6.45, 7) is 5.93. The van der Waals surface area contributed by atoms with Gasteiger partial charge in [0, 0.05) is 19.0 Å². The number of aliphatic hydroxyl groups excluding tert-OH is 1. The number of aromatic nitrogens is 1. The zero-order valence-electron chi connectivity index (χ0n) is 13.9. The Balaban J connectivity index is 1.86. The first-order chi connectivity index (χ1) is 11.4. The number of β-amino-alcohol motifs (C(OH)–C–C–N with tert-alkyl or cyclic N) is 1. The predicted molar refractivity (Wildman–Crippen MR) is 88.5 cm³/mol. The Morgan fingerprint density at radius 2 is 2.29 bits per heavy atom. The number of nitrogens with one attached hydrogen (secondary N) is 1. The fourth-order valence-corrected chi connectivity index (χ4v) is 4.00. The maximum absolute atomic E-state index is 13.2. The van der Waals surface area contributed by atoms with Gasteiger partial charge in [-0.15, -0.1) is 0 Å². The van der Waals surface area contributed by atoms with Gasteiger partial charge in [0.15, 0.2) is 0 Å². The Morgan fingerprint density at radius 3 is 2.83 bits per heavy atom. The zero-order valence-corrected chi connectivity index (χ0v) is 14.7. The van der Waals surface area contributed by atoms with E-state index in [1.165, 1.54) is 0 Å². The van der Waals surface area contributed by atoms with Gasteiger partial charge in [-0.1, -0.05) is 19.0 Å². The van der Waals surface area contributed by atoms with Crippen molar-refractivity contribution in [2.24, 2.45) is 10.9 Å². The van der Waals surface area contributed by atoms with E-state index in [0.29, 0.717) is 18.0 Å². The second-order valence-corrected chi connectivity index (χ2v) is 7.76. The highest BCUT2D eigenvalue weighted by Crippen LogP contribution is 2.31. The van der Waals surface area contributed by atoms with Gasteiger partial charge >= 0.3 is 0 Å². The van der Waals surface area contributed by atoms with Crippen LogP contribution in [0.25, 0.3) is 0 Å². The van der Waals surface area contributed by atoms with E-state index in [1.54, 1.807) is 11.0 Å². The summed E-state index contributed by atoms with van der Waals surface area (Å²) >= 11 is 0. The number of aliphatic hydroxyl groups is 1. The fraction of sp³-hybridized carbons (Fsp3) is 0.667. The average Bonchev–Trinajstić information content (AvgIpc) is 3.19. The third-order valence-electron chi connectivity index (χ3n) is 4.33. The Kier molecular flexibility index (Phi) is 4.73. The normalized spacial score (nSPS) is 28.1. The number of amidine groups is 1. The molecule has 2 N–H and O–H groups in total. The third kappa shape index (κ3) is 3.23. The molecule has 0 aliphatic carbocycles. The number of carbonyl (C=O) groups excluding carboxylic acids is 1. The van der Waals surface area contributed by atoms with Gasteiger partial charge in [0.2, 0.25) is 5.91 Å². The molecular formula is C15H22N4O4S. The topological polar surface area (TPSA) is 108 Å². The van der Waals surface area contributed by atoms with Gasteiger partial charge in [-0.2, -0.15) is 0 Å². The lowest BCUT2D eigenvalue weighted by molar-refractivity contribution is -0.134. The molecule has 2 aliphatic rings. The first-order valence-electron chi connectivity index (χ1n) is 7.98. The molecule has 1 fully saturated rings. The van der Waals surface area contributed by atoms with Crippen LogP contribution >= 0.6 is 0 Å². The van der Waals surface area contributed by atoms with Gasteiger partial charge in [-0.25, -0.2) is 4.21 Å². The molecule has 1 aromatic rings. The highest BCUT2D eigenvalue weighted by atomic mass is 32.2. The van der Waals surface area contributed by atoms with Crippen LogP contribution in [0.1, 0.15) is 37.6 Å². The van der Waals surface area contributed by atoms with E-state index < -0.39 is 23.0 Å². The molecule has 1 amide bonds. The number of nitrogens with zero attached hydrogens (tertiary/aromatic N) is 3. The Labute approximate surface area is 142 Å². The van der Waals surface area contributed by atoms with Crippen LogP contribution in [0.4, 0.5) is 0 Å². The molecule has 1 saturated heterocycles. The van der Waals surface area contributed by atoms with Crippen molar-refractivity contribution < 1.29 is 18.6 Å². The lowest BCUT2D eigenvalue weighted by Crippen LogP contribution is -2.47. The highest BCUT2D eigenvalue weighted by Gasteiger charge is 2.43. The summed E-state index contributed by atoms with van der Waals surface area (Å²) in [5, 5.41) is 13.9. The molecule has 1 aromatic heterocycles. The monoisotopic (exact) mass is 354 g/mol. The first kappa shape index (κ1) is 17.1. The number of hydrogen-bond acceptors (Lipinski definition) is 6. The minimum absolute atomic E-state index is 0.0100. The lowest BCUT2D eigenvalue weighted by atomic mass is 9.91. The van der Waals surface area contributed by atoms with Crippen molar-refractivity contribution in [3.63, 3.8) is 0 Å². The molecule has 9 heteroatoms.